The molecule has 16 heavy (non-hydrogen) atoms. The maximum Gasteiger partial charge on any atom is 0.0534 e. The van der Waals surface area contributed by atoms with Crippen LogP contribution < -0.4 is 5.32 Å². The minimum atomic E-state index is -0.177. The van der Waals surface area contributed by atoms with Gasteiger partial charge in [-0.3, -0.25) is 0 Å². The van der Waals surface area contributed by atoms with E-state index in [1.807, 2.05) is 0 Å². The number of fused-ring (bicyclic) bond motifs is 1. The van der Waals surface area contributed by atoms with Crippen molar-refractivity contribution in [2.45, 2.75) is 44.3 Å². The normalized spacial score (nSPS) is 24.0. The number of hydrogen-bond donors (Lipinski definition) is 1. The second-order valence-corrected chi connectivity index (χ2v) is 8.20. The number of benzene rings is 1. The van der Waals surface area contributed by atoms with Crippen LogP contribution in [0.25, 0.3) is 0 Å². The first-order chi connectivity index (χ1) is 7.77. The van der Waals surface area contributed by atoms with Crippen LogP contribution in [0.2, 0.25) is 17.6 Å². The zero-order valence-corrected chi connectivity index (χ0v) is 11.6. The van der Waals surface area contributed by atoms with Crippen molar-refractivity contribution < 1.29 is 0 Å². The van der Waals surface area contributed by atoms with Gasteiger partial charge in [0.1, 0.15) is 0 Å². The van der Waals surface area contributed by atoms with E-state index in [0.29, 0.717) is 0 Å². The Bertz CT molecular complexity index is 346. The largest absolute Gasteiger partial charge is 0.385 e. The zero-order chi connectivity index (χ0) is 11.5. The Morgan fingerprint density at radius 2 is 1.94 bits per heavy atom. The summed E-state index contributed by atoms with van der Waals surface area (Å²) < 4.78 is 0. The monoisotopic (exact) mass is 232 g/mol. The maximum absolute atomic E-state index is 3.62. The smallest absolute Gasteiger partial charge is 0.0534 e. The topological polar surface area (TPSA) is 12.0 Å². The van der Waals surface area contributed by atoms with Crippen LogP contribution in [0, 0.1) is 0 Å². The van der Waals surface area contributed by atoms with E-state index in [0.717, 1.165) is 11.5 Å². The number of para-hydroxylation sites is 1. The van der Waals surface area contributed by atoms with Crippen LogP contribution in [-0.2, 0) is 0 Å². The van der Waals surface area contributed by atoms with Gasteiger partial charge < -0.3 is 5.32 Å². The molecule has 0 bridgehead atoms. The summed E-state index contributed by atoms with van der Waals surface area (Å²) in [4.78, 5) is 0. The average Bonchev–Trinajstić information content (AvgIpc) is 2.34. The minimum Gasteiger partial charge on any atom is -0.385 e. The quantitative estimate of drug-likeness (QED) is 0.773. The lowest BCUT2D eigenvalue weighted by Crippen LogP contribution is -2.32. The van der Waals surface area contributed by atoms with Crippen molar-refractivity contribution in [3.05, 3.63) is 29.8 Å². The van der Waals surface area contributed by atoms with Crippen LogP contribution in [0.3, 0.4) is 0 Å². The molecule has 2 atom stereocenters. The Morgan fingerprint density at radius 3 is 2.62 bits per heavy atom. The Balaban J connectivity index is 2.23. The molecule has 87 valence electrons. The lowest BCUT2D eigenvalue weighted by Gasteiger charge is -2.36. The van der Waals surface area contributed by atoms with Gasteiger partial charge in [0.25, 0.3) is 0 Å². The SMILES string of the molecule is CC[Si](CC)[C@H]1CNc2ccccc2[C@@H]1C. The van der Waals surface area contributed by atoms with E-state index in [4.69, 9.17) is 0 Å². The summed E-state index contributed by atoms with van der Waals surface area (Å²) >= 11 is 0. The Morgan fingerprint density at radius 1 is 1.25 bits per heavy atom. The van der Waals surface area contributed by atoms with E-state index in [1.54, 1.807) is 0 Å². The fraction of sp³-hybridized carbons (Fsp3) is 0.571. The average molecular weight is 232 g/mol. The van der Waals surface area contributed by atoms with Gasteiger partial charge in [-0.1, -0.05) is 51.1 Å². The number of nitrogens with one attached hydrogen (secondary N) is 1. The highest BCUT2D eigenvalue weighted by Crippen LogP contribution is 2.40. The second kappa shape index (κ2) is 5.04. The van der Waals surface area contributed by atoms with Crippen LogP contribution in [0.4, 0.5) is 5.69 Å². The van der Waals surface area contributed by atoms with E-state index >= 15 is 0 Å². The van der Waals surface area contributed by atoms with Crippen molar-refractivity contribution in [1.82, 2.24) is 0 Å². The van der Waals surface area contributed by atoms with Crippen LogP contribution in [0.1, 0.15) is 32.3 Å². The van der Waals surface area contributed by atoms with Gasteiger partial charge in [0.2, 0.25) is 0 Å². The molecule has 1 nitrogen and oxygen atoms in total. The van der Waals surface area contributed by atoms with Crippen molar-refractivity contribution >= 4 is 14.5 Å². The van der Waals surface area contributed by atoms with Gasteiger partial charge in [0.05, 0.1) is 8.80 Å². The van der Waals surface area contributed by atoms with Gasteiger partial charge in [0.15, 0.2) is 0 Å². The van der Waals surface area contributed by atoms with Crippen molar-refractivity contribution in [1.29, 1.82) is 0 Å². The maximum atomic E-state index is 3.62. The molecular formula is C14H22NSi. The van der Waals surface area contributed by atoms with Crippen LogP contribution >= 0.6 is 0 Å². The molecule has 0 unspecified atom stereocenters. The summed E-state index contributed by atoms with van der Waals surface area (Å²) in [5.74, 6) is 0.742. The Kier molecular flexibility index (Phi) is 3.69. The van der Waals surface area contributed by atoms with Gasteiger partial charge in [0, 0.05) is 12.2 Å². The molecule has 0 spiro atoms. The summed E-state index contributed by atoms with van der Waals surface area (Å²) in [6.45, 7) is 8.34. The Labute approximate surface area is 101 Å². The van der Waals surface area contributed by atoms with Crippen molar-refractivity contribution in [2.24, 2.45) is 0 Å². The fourth-order valence-electron chi connectivity index (χ4n) is 2.94. The standard InChI is InChI=1S/C14H22NSi/c1-4-16(5-2)14-10-15-13-9-7-6-8-12(13)11(14)3/h6-9,11,14-15H,4-5,10H2,1-3H3/t11-,14-/m0/s1. The third kappa shape index (κ3) is 2.03. The molecule has 1 aromatic rings. The van der Waals surface area contributed by atoms with E-state index in [9.17, 15) is 0 Å². The lowest BCUT2D eigenvalue weighted by molar-refractivity contribution is 0.663. The number of rotatable bonds is 3. The van der Waals surface area contributed by atoms with Gasteiger partial charge in [-0.25, -0.2) is 0 Å². The highest BCUT2D eigenvalue weighted by molar-refractivity contribution is 6.60. The number of anilines is 1. The van der Waals surface area contributed by atoms with Crippen LogP contribution in [0.5, 0.6) is 0 Å². The highest BCUT2D eigenvalue weighted by Gasteiger charge is 2.31. The third-order valence-corrected chi connectivity index (χ3v) is 7.57. The predicted octanol–water partition coefficient (Wildman–Crippen LogP) is 4.12. The number of hydrogen-bond acceptors (Lipinski definition) is 1. The summed E-state index contributed by atoms with van der Waals surface area (Å²) in [7, 11) is -0.177. The van der Waals surface area contributed by atoms with Gasteiger partial charge in [-0.05, 0) is 23.1 Å². The van der Waals surface area contributed by atoms with E-state index < -0.39 is 0 Å². The first-order valence-corrected chi connectivity index (χ1v) is 8.44. The van der Waals surface area contributed by atoms with Crippen molar-refractivity contribution in [3.63, 3.8) is 0 Å². The first-order valence-electron chi connectivity index (χ1n) is 6.45. The molecular weight excluding hydrogens is 210 g/mol. The predicted molar refractivity (Wildman–Crippen MR) is 73.8 cm³/mol. The third-order valence-electron chi connectivity index (χ3n) is 4.00. The molecule has 0 aromatic heterocycles. The van der Waals surface area contributed by atoms with E-state index in [1.165, 1.54) is 29.9 Å². The molecule has 0 fully saturated rings. The van der Waals surface area contributed by atoms with Crippen molar-refractivity contribution in [3.8, 4) is 0 Å². The molecule has 1 heterocycles. The zero-order valence-electron chi connectivity index (χ0n) is 10.6. The molecule has 0 saturated carbocycles. The Hall–Kier alpha value is -0.763. The molecule has 2 rings (SSSR count). The van der Waals surface area contributed by atoms with Crippen molar-refractivity contribution in [2.75, 3.05) is 11.9 Å². The molecule has 1 aliphatic heterocycles. The van der Waals surface area contributed by atoms with Gasteiger partial charge in [-0.15, -0.1) is 0 Å². The molecule has 2 heteroatoms. The van der Waals surface area contributed by atoms with Crippen LogP contribution in [0.15, 0.2) is 24.3 Å². The summed E-state index contributed by atoms with van der Waals surface area (Å²) in [6, 6.07) is 11.6. The molecule has 0 saturated heterocycles. The molecule has 1 aromatic carbocycles. The van der Waals surface area contributed by atoms with Gasteiger partial charge in [-0.2, -0.15) is 0 Å². The highest BCUT2D eigenvalue weighted by atomic mass is 28.3. The lowest BCUT2D eigenvalue weighted by atomic mass is 9.92. The summed E-state index contributed by atoms with van der Waals surface area (Å²) in [6.07, 6.45) is 0. The van der Waals surface area contributed by atoms with Crippen LogP contribution in [-0.4, -0.2) is 15.3 Å². The minimum absolute atomic E-state index is 0.177. The molecule has 0 amide bonds. The van der Waals surface area contributed by atoms with E-state index in [2.05, 4.69) is 50.4 Å². The first kappa shape index (κ1) is 11.7. The second-order valence-electron chi connectivity index (χ2n) is 4.73. The molecule has 1 radical (unpaired) electrons. The molecule has 0 aliphatic carbocycles. The van der Waals surface area contributed by atoms with Gasteiger partial charge >= 0.3 is 0 Å². The summed E-state index contributed by atoms with van der Waals surface area (Å²) in [5.41, 5.74) is 3.79. The van der Waals surface area contributed by atoms with E-state index in [-0.39, 0.29) is 8.80 Å². The fourth-order valence-corrected chi connectivity index (χ4v) is 5.77. The molecule has 1 aliphatic rings. The molecule has 1 N–H and O–H groups in total. The summed E-state index contributed by atoms with van der Waals surface area (Å²) in [5, 5.41) is 3.62.